The van der Waals surface area contributed by atoms with E-state index in [1.807, 2.05) is 42.5 Å². The maximum Gasteiger partial charge on any atom is 0.561 e. The number of benzene rings is 4. The molecule has 3 heterocycles. The van der Waals surface area contributed by atoms with Gasteiger partial charge in [-0.05, 0) is 160 Å². The monoisotopic (exact) mass is 1260 g/mol. The Labute approximate surface area is 508 Å². The fourth-order valence-electron chi connectivity index (χ4n) is 6.96. The van der Waals surface area contributed by atoms with Crippen molar-refractivity contribution in [3.8, 4) is 0 Å². The summed E-state index contributed by atoms with van der Waals surface area (Å²) in [6, 6.07) is 27.9. The van der Waals surface area contributed by atoms with Gasteiger partial charge in [0.15, 0.2) is 11.2 Å². The highest BCUT2D eigenvalue weighted by Gasteiger charge is 2.42. The van der Waals surface area contributed by atoms with Crippen molar-refractivity contribution in [3.63, 3.8) is 0 Å². The van der Waals surface area contributed by atoms with Gasteiger partial charge in [-0.2, -0.15) is 8.42 Å². The molecule has 11 N–H and O–H groups in total. The van der Waals surface area contributed by atoms with Crippen molar-refractivity contribution in [3.05, 3.63) is 118 Å². The van der Waals surface area contributed by atoms with Crippen LogP contribution in [0.4, 0.5) is 22.7 Å². The van der Waals surface area contributed by atoms with Crippen LogP contribution >= 0.6 is 15.0 Å². The minimum Gasteiger partial charge on any atom is -0.588 e. The second-order valence-electron chi connectivity index (χ2n) is 24.2. The van der Waals surface area contributed by atoms with Crippen molar-refractivity contribution < 1.29 is 85.6 Å². The van der Waals surface area contributed by atoms with Crippen LogP contribution in [0.25, 0.3) is 0 Å². The van der Waals surface area contributed by atoms with Crippen molar-refractivity contribution in [2.24, 2.45) is 21.7 Å². The van der Waals surface area contributed by atoms with Crippen molar-refractivity contribution in [2.45, 2.75) is 154 Å². The third kappa shape index (κ3) is 28.8. The van der Waals surface area contributed by atoms with E-state index >= 15 is 0 Å². The predicted octanol–water partition coefficient (Wildman–Crippen LogP) is 11.7. The lowest BCUT2D eigenvalue weighted by atomic mass is 9.79. The second-order valence-corrected chi connectivity index (χ2v) is 29.7. The van der Waals surface area contributed by atoms with Gasteiger partial charge < -0.3 is 46.6 Å². The number of rotatable bonds is 10. The predicted molar refractivity (Wildman–Crippen MR) is 336 cm³/mol. The SMILES string of the molecule is C1CCOC1.CC(C)(C(=O)O)C(=O)O.CC(C)c1ccc(N)cc1.CC(C)c1ccc(NC(=O)C(C)(C)C(=O)O)cc1.CC(C)c1ccc2c(c1)C(=O)C(C)(C)C(=O)N2.CC(C)c1ccc2c(c1)CC(C)(C)CN2.CS(=O)(=O)O.O=[P+]([O-])P(=O)(O)O. The number of nitrogens with one attached hydrogen (secondary N) is 3. The Morgan fingerprint density at radius 1 is 0.686 bits per heavy atom. The zero-order chi connectivity index (χ0) is 67.1. The minimum absolute atomic E-state index is 0.0984. The number of carbonyl (C=O) groups is 6. The summed E-state index contributed by atoms with van der Waals surface area (Å²) in [6.07, 6.45) is 4.46. The molecule has 0 radical (unpaired) electrons. The van der Waals surface area contributed by atoms with Gasteiger partial charge in [0.2, 0.25) is 11.8 Å². The molecule has 86 heavy (non-hydrogen) atoms. The summed E-state index contributed by atoms with van der Waals surface area (Å²) in [5.74, 6) is -2.62. The molecule has 7 rings (SSSR count). The second kappa shape index (κ2) is 34.8. The van der Waals surface area contributed by atoms with Crippen molar-refractivity contribution in [2.75, 3.05) is 47.7 Å². The Bertz CT molecular complexity index is 3040. The summed E-state index contributed by atoms with van der Waals surface area (Å²) in [6.45, 7) is 33.3. The van der Waals surface area contributed by atoms with E-state index in [-0.39, 0.29) is 11.7 Å². The summed E-state index contributed by atoms with van der Waals surface area (Å²) in [7, 11) is -12.0. The summed E-state index contributed by atoms with van der Waals surface area (Å²) in [4.78, 5) is 91.5. The van der Waals surface area contributed by atoms with Gasteiger partial charge in [-0.1, -0.05) is 116 Å². The van der Waals surface area contributed by atoms with Gasteiger partial charge in [-0.25, -0.2) is 4.57 Å². The number of anilines is 4. The molecule has 480 valence electrons. The third-order valence-electron chi connectivity index (χ3n) is 13.2. The van der Waals surface area contributed by atoms with E-state index in [1.165, 1.54) is 61.1 Å². The molecule has 3 aliphatic heterocycles. The normalized spacial score (nSPS) is 14.7. The van der Waals surface area contributed by atoms with Gasteiger partial charge in [0, 0.05) is 42.4 Å². The molecule has 4 aromatic rings. The van der Waals surface area contributed by atoms with Gasteiger partial charge >= 0.3 is 32.9 Å². The maximum absolute atomic E-state index is 12.3. The largest absolute Gasteiger partial charge is 0.588 e. The van der Waals surface area contributed by atoms with E-state index in [9.17, 15) is 51.2 Å². The van der Waals surface area contributed by atoms with Gasteiger partial charge in [-0.3, -0.25) is 43.1 Å². The standard InChI is InChI=1S/C14H19NO3.C14H17NO2.C14H21N.C9H13N.C5H8O4.C4H8O.CH4O3S.H2O5P2/c1-9(2)10-5-7-11(8-6-10)15-12(16)14(3,4)13(17)18;1-8(2)9-5-6-11-10(7-9)12(16)14(3,4)13(17)15-11;1-10(2)11-5-6-13-12(7-11)8-14(3,4)9-15-13;1-7(2)8-3-5-9(10)6-4-8;1-5(2,3(6)7)4(8)9;1-2-4-5-3-1;1-5(2,3)4;1-6(2)7(3,4)5/h5-9H,1-4H3,(H,15,16)(H,17,18);5-8H,1-4H3,(H,15,17);5-7,10,15H,8-9H2,1-4H3;3-7H,10H2,1-2H3;1-2H3,(H,6,7)(H,8,9);1-4H2;1H3,(H,2,3,4);(H2,3,4,5). The lowest BCUT2D eigenvalue weighted by Crippen LogP contribution is -2.42. The average molecular weight is 1260 g/mol. The molecule has 0 aliphatic carbocycles. The van der Waals surface area contributed by atoms with Crippen LogP contribution < -0.4 is 26.6 Å². The van der Waals surface area contributed by atoms with Gasteiger partial charge in [0.25, 0.3) is 10.1 Å². The van der Waals surface area contributed by atoms with Crippen LogP contribution in [-0.2, 0) is 54.4 Å². The number of fused-ring (bicyclic) bond motifs is 2. The minimum atomic E-state index is -4.78. The lowest BCUT2D eigenvalue weighted by molar-refractivity contribution is -0.162. The molecule has 2 amide bonds. The third-order valence-corrected chi connectivity index (χ3v) is 14.9. The molecule has 1 saturated heterocycles. The van der Waals surface area contributed by atoms with E-state index in [1.54, 1.807) is 26.0 Å². The van der Waals surface area contributed by atoms with E-state index < -0.39 is 65.2 Å². The molecule has 25 heteroatoms. The number of carboxylic acid groups (broad SMARTS) is 3. The Morgan fingerprint density at radius 2 is 1.06 bits per heavy atom. The number of ketones is 1. The molecule has 1 fully saturated rings. The molecule has 0 bridgehead atoms. The smallest absolute Gasteiger partial charge is 0.561 e. The molecule has 4 aromatic carbocycles. The van der Waals surface area contributed by atoms with Gasteiger partial charge in [-0.15, -0.1) is 0 Å². The highest BCUT2D eigenvalue weighted by Crippen LogP contribution is 2.56. The Kier molecular flexibility index (Phi) is 32.2. The van der Waals surface area contributed by atoms with Crippen molar-refractivity contribution in [1.29, 1.82) is 0 Å². The molecule has 1 atom stereocenters. The summed E-state index contributed by atoms with van der Waals surface area (Å²) >= 11 is 0. The first-order chi connectivity index (χ1) is 39.1. The first kappa shape index (κ1) is 79.6. The quantitative estimate of drug-likeness (QED) is 0.0305. The molecule has 3 aliphatic rings. The van der Waals surface area contributed by atoms with Crippen molar-refractivity contribution >= 4 is 83.4 Å². The highest BCUT2D eigenvalue weighted by molar-refractivity contribution is 8.19. The number of amides is 2. The number of carbonyl (C=O) groups excluding carboxylic acids is 3. The fourth-order valence-corrected chi connectivity index (χ4v) is 6.96. The molecule has 0 aromatic heterocycles. The van der Waals surface area contributed by atoms with Crippen LogP contribution in [0.1, 0.15) is 185 Å². The molecular weight excluding hydrogens is 1170 g/mol. The average Bonchev–Trinajstić information content (AvgIpc) is 3.75. The number of Topliss-reactive ketones (excluding diaryl/α,β-unsaturated/α-hetero) is 1. The Morgan fingerprint density at radius 3 is 1.41 bits per heavy atom. The van der Waals surface area contributed by atoms with Crippen LogP contribution in [-0.4, -0.2) is 99.6 Å². The number of nitrogen functional groups attached to an aromatic ring is 1. The van der Waals surface area contributed by atoms with Crippen LogP contribution in [0.5, 0.6) is 0 Å². The zero-order valence-electron chi connectivity index (χ0n) is 52.6. The fraction of sp³-hybridized carbons (Fsp3) is 0.508. The Balaban J connectivity index is 0.000000997. The van der Waals surface area contributed by atoms with E-state index in [0.717, 1.165) is 44.9 Å². The Hall–Kier alpha value is -6.42. The zero-order valence-corrected chi connectivity index (χ0v) is 55.2. The van der Waals surface area contributed by atoms with E-state index in [4.69, 9.17) is 40.1 Å². The molecule has 1 unspecified atom stereocenters. The van der Waals surface area contributed by atoms with Crippen LogP contribution in [0.3, 0.4) is 0 Å². The first-order valence-electron chi connectivity index (χ1n) is 27.6. The first-order valence-corrected chi connectivity index (χ1v) is 33.0. The van der Waals surface area contributed by atoms with Gasteiger partial charge in [0.05, 0.1) is 11.9 Å². The molecule has 0 saturated carbocycles. The maximum atomic E-state index is 12.3. The summed E-state index contributed by atoms with van der Waals surface area (Å²) in [5.41, 5.74) is 12.4. The molecule has 22 nitrogen and oxygen atoms in total. The topological polar surface area (TPSA) is 386 Å². The van der Waals surface area contributed by atoms with Crippen molar-refractivity contribution in [1.82, 2.24) is 0 Å². The molecule has 0 spiro atoms. The number of aliphatic carboxylic acids is 3. The summed E-state index contributed by atoms with van der Waals surface area (Å²) < 4.78 is 49.5. The number of carboxylic acids is 3. The number of ether oxygens (including phenoxy) is 1. The van der Waals surface area contributed by atoms with E-state index in [2.05, 4.69) is 116 Å². The number of hydrogen-bond acceptors (Lipinski definition) is 14. The number of hydrogen-bond donors (Lipinski definition) is 10. The van der Waals surface area contributed by atoms with E-state index in [0.29, 0.717) is 52.3 Å². The molecular formula is C61H92N4O18P2S. The summed E-state index contributed by atoms with van der Waals surface area (Å²) in [5, 5.41) is 34.3. The van der Waals surface area contributed by atoms with Crippen LogP contribution in [0.2, 0.25) is 0 Å². The van der Waals surface area contributed by atoms with Crippen LogP contribution in [0, 0.1) is 21.7 Å². The lowest BCUT2D eigenvalue weighted by Gasteiger charge is -2.33. The highest BCUT2D eigenvalue weighted by atomic mass is 32.2. The number of nitrogens with two attached hydrogens (primary N) is 1. The van der Waals surface area contributed by atoms with Gasteiger partial charge in [0.1, 0.15) is 10.8 Å². The van der Waals surface area contributed by atoms with Crippen LogP contribution in [0.15, 0.2) is 84.9 Å².